The maximum atomic E-state index is 12.9. The fourth-order valence-corrected chi connectivity index (χ4v) is 4.86. The first-order valence-electron chi connectivity index (χ1n) is 12.3. The number of hydrogen-bond donors (Lipinski definition) is 1. The highest BCUT2D eigenvalue weighted by atomic mass is 16.7. The molecule has 0 aliphatic carbocycles. The first-order chi connectivity index (χ1) is 16.7. The summed E-state index contributed by atoms with van der Waals surface area (Å²) in [5, 5.41) is 10.8. The molecular weight excluding hydrogens is 434 g/mol. The number of hydrogen-bond acceptors (Lipinski definition) is 7. The summed E-state index contributed by atoms with van der Waals surface area (Å²) in [6.45, 7) is 5.72. The van der Waals surface area contributed by atoms with Crippen LogP contribution >= 0.6 is 0 Å². The number of rotatable bonds is 7. The molecule has 2 saturated heterocycles. The third-order valence-corrected chi connectivity index (χ3v) is 6.77. The molecule has 1 unspecified atom stereocenters. The predicted molar refractivity (Wildman–Crippen MR) is 129 cm³/mol. The number of amides is 1. The lowest BCUT2D eigenvalue weighted by atomic mass is 10.1. The zero-order valence-corrected chi connectivity index (χ0v) is 19.5. The Morgan fingerprint density at radius 1 is 0.971 bits per heavy atom. The van der Waals surface area contributed by atoms with Gasteiger partial charge < -0.3 is 34.0 Å². The second kappa shape index (κ2) is 10.5. The van der Waals surface area contributed by atoms with Gasteiger partial charge in [0.25, 0.3) is 5.91 Å². The molecule has 0 spiro atoms. The number of carbonyl (C=O) groups is 1. The molecule has 0 radical (unpaired) electrons. The number of carbonyl (C=O) groups excluding carboxylic acids is 1. The van der Waals surface area contributed by atoms with Crippen LogP contribution in [0.25, 0.3) is 0 Å². The molecule has 3 aliphatic heterocycles. The van der Waals surface area contributed by atoms with Crippen LogP contribution in [0.1, 0.15) is 36.0 Å². The Morgan fingerprint density at radius 3 is 2.56 bits per heavy atom. The van der Waals surface area contributed by atoms with Gasteiger partial charge in [-0.05, 0) is 74.8 Å². The van der Waals surface area contributed by atoms with Crippen molar-refractivity contribution in [2.24, 2.45) is 0 Å². The summed E-state index contributed by atoms with van der Waals surface area (Å²) in [6.07, 6.45) is 4.24. The average Bonchev–Trinajstić information content (AvgIpc) is 3.35. The number of ether oxygens (including phenoxy) is 3. The summed E-state index contributed by atoms with van der Waals surface area (Å²) < 4.78 is 16.6. The van der Waals surface area contributed by atoms with E-state index in [0.717, 1.165) is 24.4 Å². The highest BCUT2D eigenvalue weighted by Gasteiger charge is 2.29. The molecule has 1 atom stereocenters. The molecule has 0 saturated carbocycles. The zero-order valence-electron chi connectivity index (χ0n) is 19.5. The van der Waals surface area contributed by atoms with E-state index in [0.29, 0.717) is 36.8 Å². The Bertz CT molecular complexity index is 977. The van der Waals surface area contributed by atoms with E-state index >= 15 is 0 Å². The van der Waals surface area contributed by atoms with E-state index in [9.17, 15) is 9.90 Å². The highest BCUT2D eigenvalue weighted by molar-refractivity contribution is 5.95. The van der Waals surface area contributed by atoms with Crippen molar-refractivity contribution in [2.45, 2.75) is 31.9 Å². The summed E-state index contributed by atoms with van der Waals surface area (Å²) in [5.41, 5.74) is 1.45. The van der Waals surface area contributed by atoms with Gasteiger partial charge in [-0.2, -0.15) is 0 Å². The van der Waals surface area contributed by atoms with Crippen LogP contribution in [0.4, 0.5) is 5.69 Å². The van der Waals surface area contributed by atoms with Crippen molar-refractivity contribution in [3.05, 3.63) is 48.0 Å². The average molecular weight is 468 g/mol. The van der Waals surface area contributed by atoms with Crippen molar-refractivity contribution in [1.82, 2.24) is 9.80 Å². The minimum absolute atomic E-state index is 0.120. The van der Waals surface area contributed by atoms with Gasteiger partial charge in [-0.3, -0.25) is 4.79 Å². The molecule has 3 heterocycles. The summed E-state index contributed by atoms with van der Waals surface area (Å²) in [5.74, 6) is 1.95. The summed E-state index contributed by atoms with van der Waals surface area (Å²) >= 11 is 0. The van der Waals surface area contributed by atoms with Crippen LogP contribution in [0, 0.1) is 0 Å². The van der Waals surface area contributed by atoms with Crippen molar-refractivity contribution in [3.8, 4) is 17.2 Å². The smallest absolute Gasteiger partial charge is 0.254 e. The normalized spacial score (nSPS) is 20.4. The van der Waals surface area contributed by atoms with Gasteiger partial charge in [-0.1, -0.05) is 6.42 Å². The van der Waals surface area contributed by atoms with Crippen LogP contribution in [0.2, 0.25) is 0 Å². The molecule has 1 N–H and O–H groups in total. The topological polar surface area (TPSA) is 74.7 Å². The number of anilines is 1. The number of aliphatic hydroxyl groups is 1. The number of likely N-dealkylation sites (tertiary alicyclic amines) is 1. The number of fused-ring (bicyclic) bond motifs is 1. The molecule has 182 valence electrons. The van der Waals surface area contributed by atoms with Gasteiger partial charge in [0.05, 0.1) is 13.2 Å². The maximum Gasteiger partial charge on any atom is 0.254 e. The van der Waals surface area contributed by atoms with Crippen LogP contribution in [-0.4, -0.2) is 79.7 Å². The first-order valence-corrected chi connectivity index (χ1v) is 12.3. The minimum Gasteiger partial charge on any atom is -0.494 e. The minimum atomic E-state index is -0.775. The SMILES string of the molecule is O=C(c1ccc2c(c1)OCO2)N1CCN(c2ccc(OCCCN3CCCCC3)cc2)C(O)C1. The van der Waals surface area contributed by atoms with Crippen molar-refractivity contribution >= 4 is 11.6 Å². The molecular formula is C26H33N3O5. The van der Waals surface area contributed by atoms with Gasteiger partial charge >= 0.3 is 0 Å². The van der Waals surface area contributed by atoms with E-state index in [1.54, 1.807) is 23.1 Å². The molecule has 3 aliphatic rings. The van der Waals surface area contributed by atoms with Crippen LogP contribution in [0.15, 0.2) is 42.5 Å². The number of aliphatic hydroxyl groups excluding tert-OH is 1. The van der Waals surface area contributed by atoms with Gasteiger partial charge in [0, 0.05) is 30.9 Å². The summed E-state index contributed by atoms with van der Waals surface area (Å²) in [7, 11) is 0. The van der Waals surface area contributed by atoms with Crippen LogP contribution in [0.3, 0.4) is 0 Å². The lowest BCUT2D eigenvalue weighted by Gasteiger charge is -2.40. The molecule has 2 fully saturated rings. The third-order valence-electron chi connectivity index (χ3n) is 6.77. The fourth-order valence-electron chi connectivity index (χ4n) is 4.86. The lowest BCUT2D eigenvalue weighted by Crippen LogP contribution is -2.55. The highest BCUT2D eigenvalue weighted by Crippen LogP contribution is 2.33. The van der Waals surface area contributed by atoms with E-state index in [2.05, 4.69) is 4.90 Å². The second-order valence-electron chi connectivity index (χ2n) is 9.09. The van der Waals surface area contributed by atoms with E-state index < -0.39 is 6.23 Å². The second-order valence-corrected chi connectivity index (χ2v) is 9.09. The molecule has 0 bridgehead atoms. The molecule has 5 rings (SSSR count). The lowest BCUT2D eigenvalue weighted by molar-refractivity contribution is 0.0521. The quantitative estimate of drug-likeness (QED) is 0.628. The Hall–Kier alpha value is -2.97. The maximum absolute atomic E-state index is 12.9. The van der Waals surface area contributed by atoms with Gasteiger partial charge in [0.1, 0.15) is 12.0 Å². The van der Waals surface area contributed by atoms with Crippen LogP contribution in [-0.2, 0) is 0 Å². The molecule has 2 aromatic rings. The zero-order chi connectivity index (χ0) is 23.3. The fraction of sp³-hybridized carbons (Fsp3) is 0.500. The van der Waals surface area contributed by atoms with Gasteiger partial charge in [-0.15, -0.1) is 0 Å². The molecule has 34 heavy (non-hydrogen) atoms. The number of piperazine rings is 1. The Labute approximate surface area is 200 Å². The number of β-amino-alcohol motifs (C(OH)–C–C–N with tert-alkyl or cyclic N) is 1. The molecule has 1 amide bonds. The number of benzene rings is 2. The molecule has 0 aromatic heterocycles. The largest absolute Gasteiger partial charge is 0.494 e. The number of piperidine rings is 1. The van der Waals surface area contributed by atoms with Crippen molar-refractivity contribution in [3.63, 3.8) is 0 Å². The monoisotopic (exact) mass is 467 g/mol. The molecule has 8 nitrogen and oxygen atoms in total. The Balaban J connectivity index is 1.10. The van der Waals surface area contributed by atoms with E-state index in [1.807, 2.05) is 29.2 Å². The predicted octanol–water partition coefficient (Wildman–Crippen LogP) is 2.95. The van der Waals surface area contributed by atoms with Gasteiger partial charge in [0.2, 0.25) is 6.79 Å². The molecule has 2 aromatic carbocycles. The first kappa shape index (κ1) is 22.8. The van der Waals surface area contributed by atoms with Crippen molar-refractivity contribution in [1.29, 1.82) is 0 Å². The molecule has 8 heteroatoms. The summed E-state index contributed by atoms with van der Waals surface area (Å²) in [4.78, 5) is 19.1. The van der Waals surface area contributed by atoms with Crippen LogP contribution in [0.5, 0.6) is 17.2 Å². The summed E-state index contributed by atoms with van der Waals surface area (Å²) in [6, 6.07) is 13.0. The van der Waals surface area contributed by atoms with E-state index in [4.69, 9.17) is 14.2 Å². The van der Waals surface area contributed by atoms with Crippen LogP contribution < -0.4 is 19.1 Å². The van der Waals surface area contributed by atoms with E-state index in [-0.39, 0.29) is 19.2 Å². The van der Waals surface area contributed by atoms with E-state index in [1.165, 1.54) is 32.4 Å². The van der Waals surface area contributed by atoms with Gasteiger partial charge in [0.15, 0.2) is 11.5 Å². The Morgan fingerprint density at radius 2 is 1.76 bits per heavy atom. The van der Waals surface area contributed by atoms with Crippen molar-refractivity contribution < 1.29 is 24.1 Å². The third kappa shape index (κ3) is 5.23. The van der Waals surface area contributed by atoms with Gasteiger partial charge in [-0.25, -0.2) is 0 Å². The number of nitrogens with zero attached hydrogens (tertiary/aromatic N) is 3. The standard InChI is InChI=1S/C26H33N3O5/c30-25-18-28(26(31)20-5-10-23-24(17-20)34-19-33-23)14-15-29(25)21-6-8-22(9-7-21)32-16-4-13-27-11-2-1-3-12-27/h5-10,17,25,30H,1-4,11-16,18-19H2. The van der Waals surface area contributed by atoms with Crippen molar-refractivity contribution in [2.75, 3.05) is 57.6 Å². The Kier molecular flexibility index (Phi) is 7.06.